The molecule has 0 unspecified atom stereocenters. The van der Waals surface area contributed by atoms with Crippen LogP contribution in [0.1, 0.15) is 23.2 Å². The molecule has 1 saturated heterocycles. The molecule has 0 N–H and O–H groups in total. The molecule has 2 aromatic carbocycles. The maximum atomic E-state index is 12.9. The second kappa shape index (κ2) is 6.63. The minimum atomic E-state index is -0.195. The van der Waals surface area contributed by atoms with Crippen molar-refractivity contribution in [2.75, 3.05) is 20.2 Å². The average molecular weight is 349 g/mol. The molecule has 0 saturated carbocycles. The smallest absolute Gasteiger partial charge is 0.265 e. The van der Waals surface area contributed by atoms with Crippen molar-refractivity contribution in [2.24, 2.45) is 0 Å². The van der Waals surface area contributed by atoms with Gasteiger partial charge in [-0.15, -0.1) is 0 Å². The van der Waals surface area contributed by atoms with E-state index in [1.54, 1.807) is 37.4 Å². The van der Waals surface area contributed by atoms with E-state index in [1.165, 1.54) is 10.9 Å². The van der Waals surface area contributed by atoms with Crippen LogP contribution in [0, 0.1) is 0 Å². The summed E-state index contributed by atoms with van der Waals surface area (Å²) in [6.45, 7) is 1.58. The SMILES string of the molecule is COc1ccccc1-n1cnc2cc(C(=O)N3CCCC3)ccc2c1=O. The maximum absolute atomic E-state index is 12.9. The monoisotopic (exact) mass is 349 g/mol. The fourth-order valence-corrected chi connectivity index (χ4v) is 3.36. The quantitative estimate of drug-likeness (QED) is 0.729. The molecule has 1 amide bonds. The van der Waals surface area contributed by atoms with Gasteiger partial charge in [0.2, 0.25) is 0 Å². The van der Waals surface area contributed by atoms with E-state index >= 15 is 0 Å². The molecule has 3 aromatic rings. The third kappa shape index (κ3) is 2.73. The summed E-state index contributed by atoms with van der Waals surface area (Å²) in [7, 11) is 1.56. The summed E-state index contributed by atoms with van der Waals surface area (Å²) in [4.78, 5) is 31.7. The Kier molecular flexibility index (Phi) is 4.16. The Labute approximate surface area is 150 Å². The zero-order chi connectivity index (χ0) is 18.1. The highest BCUT2D eigenvalue weighted by molar-refractivity contribution is 5.97. The number of carbonyl (C=O) groups is 1. The second-order valence-electron chi connectivity index (χ2n) is 6.32. The van der Waals surface area contributed by atoms with Gasteiger partial charge in [0.05, 0.1) is 23.7 Å². The third-order valence-electron chi connectivity index (χ3n) is 4.74. The van der Waals surface area contributed by atoms with Gasteiger partial charge in [-0.1, -0.05) is 12.1 Å². The minimum absolute atomic E-state index is 0.0000992. The molecule has 26 heavy (non-hydrogen) atoms. The van der Waals surface area contributed by atoms with Crippen molar-refractivity contribution < 1.29 is 9.53 Å². The van der Waals surface area contributed by atoms with Crippen LogP contribution < -0.4 is 10.3 Å². The first-order chi connectivity index (χ1) is 12.7. The maximum Gasteiger partial charge on any atom is 0.265 e. The van der Waals surface area contributed by atoms with Crippen LogP contribution in [0.3, 0.4) is 0 Å². The van der Waals surface area contributed by atoms with Crippen LogP contribution in [-0.2, 0) is 0 Å². The molecule has 1 aliphatic heterocycles. The Morgan fingerprint density at radius 3 is 2.65 bits per heavy atom. The Morgan fingerprint density at radius 1 is 1.12 bits per heavy atom. The van der Waals surface area contributed by atoms with Crippen LogP contribution in [0.25, 0.3) is 16.6 Å². The molecule has 0 spiro atoms. The summed E-state index contributed by atoms with van der Waals surface area (Å²) in [6.07, 6.45) is 3.56. The third-order valence-corrected chi connectivity index (χ3v) is 4.74. The van der Waals surface area contributed by atoms with Gasteiger partial charge in [-0.2, -0.15) is 0 Å². The first-order valence-corrected chi connectivity index (χ1v) is 8.63. The van der Waals surface area contributed by atoms with Crippen molar-refractivity contribution in [3.63, 3.8) is 0 Å². The lowest BCUT2D eigenvalue weighted by atomic mass is 10.1. The predicted molar refractivity (Wildman–Crippen MR) is 99.0 cm³/mol. The van der Waals surface area contributed by atoms with Gasteiger partial charge in [0.15, 0.2) is 0 Å². The Bertz CT molecular complexity index is 1040. The van der Waals surface area contributed by atoms with Gasteiger partial charge in [0.25, 0.3) is 11.5 Å². The zero-order valence-corrected chi connectivity index (χ0v) is 14.5. The Balaban J connectivity index is 1.78. The van der Waals surface area contributed by atoms with E-state index in [2.05, 4.69) is 4.98 Å². The largest absolute Gasteiger partial charge is 0.495 e. The lowest BCUT2D eigenvalue weighted by Gasteiger charge is -2.15. The number of ether oxygens (including phenoxy) is 1. The van der Waals surface area contributed by atoms with Crippen LogP contribution in [0.15, 0.2) is 53.6 Å². The fraction of sp³-hybridized carbons (Fsp3) is 0.250. The number of fused-ring (bicyclic) bond motifs is 1. The average Bonchev–Trinajstić information content (AvgIpc) is 3.22. The van der Waals surface area contributed by atoms with Crippen LogP contribution in [0.2, 0.25) is 0 Å². The number of rotatable bonds is 3. The highest BCUT2D eigenvalue weighted by atomic mass is 16.5. The minimum Gasteiger partial charge on any atom is -0.495 e. The van der Waals surface area contributed by atoms with E-state index in [0.29, 0.717) is 27.9 Å². The van der Waals surface area contributed by atoms with E-state index in [-0.39, 0.29) is 11.5 Å². The van der Waals surface area contributed by atoms with Gasteiger partial charge < -0.3 is 9.64 Å². The van der Waals surface area contributed by atoms with Crippen molar-refractivity contribution in [1.82, 2.24) is 14.5 Å². The van der Waals surface area contributed by atoms with Gasteiger partial charge in [0.1, 0.15) is 12.1 Å². The first kappa shape index (κ1) is 16.3. The van der Waals surface area contributed by atoms with E-state index < -0.39 is 0 Å². The zero-order valence-electron chi connectivity index (χ0n) is 14.5. The second-order valence-corrected chi connectivity index (χ2v) is 6.32. The van der Waals surface area contributed by atoms with Gasteiger partial charge in [-0.05, 0) is 43.2 Å². The van der Waals surface area contributed by atoms with Gasteiger partial charge in [-0.3, -0.25) is 14.2 Å². The Morgan fingerprint density at radius 2 is 1.88 bits per heavy atom. The molecule has 6 heteroatoms. The van der Waals surface area contributed by atoms with Crippen LogP contribution in [-0.4, -0.2) is 40.6 Å². The summed E-state index contributed by atoms with van der Waals surface area (Å²) in [5.74, 6) is 0.594. The highest BCUT2D eigenvalue weighted by Crippen LogP contribution is 2.21. The standard InChI is InChI=1S/C20H19N3O3/c1-26-18-7-3-2-6-17(18)23-13-21-16-12-14(8-9-15(16)20(23)25)19(24)22-10-4-5-11-22/h2-3,6-9,12-13H,4-5,10-11H2,1H3. The van der Waals surface area contributed by atoms with Crippen LogP contribution >= 0.6 is 0 Å². The summed E-state index contributed by atoms with van der Waals surface area (Å²) >= 11 is 0. The number of hydrogen-bond donors (Lipinski definition) is 0. The van der Waals surface area contributed by atoms with Crippen molar-refractivity contribution in [3.05, 3.63) is 64.7 Å². The number of para-hydroxylation sites is 2. The summed E-state index contributed by atoms with van der Waals surface area (Å²) < 4.78 is 6.80. The van der Waals surface area contributed by atoms with Crippen LogP contribution in [0.4, 0.5) is 0 Å². The number of carbonyl (C=O) groups excluding carboxylic acids is 1. The van der Waals surface area contributed by atoms with Crippen molar-refractivity contribution in [3.8, 4) is 11.4 Å². The molecule has 2 heterocycles. The number of benzene rings is 2. The van der Waals surface area contributed by atoms with Gasteiger partial charge in [0, 0.05) is 18.7 Å². The van der Waals surface area contributed by atoms with Crippen molar-refractivity contribution >= 4 is 16.8 Å². The molecule has 1 aliphatic rings. The molecule has 0 radical (unpaired) electrons. The number of likely N-dealkylation sites (tertiary alicyclic amines) is 1. The number of amides is 1. The van der Waals surface area contributed by atoms with Crippen molar-refractivity contribution in [1.29, 1.82) is 0 Å². The van der Waals surface area contributed by atoms with Crippen molar-refractivity contribution in [2.45, 2.75) is 12.8 Å². The molecular formula is C20H19N3O3. The predicted octanol–water partition coefficient (Wildman–Crippen LogP) is 2.63. The fourth-order valence-electron chi connectivity index (χ4n) is 3.36. The number of nitrogens with zero attached hydrogens (tertiary/aromatic N) is 3. The van der Waals surface area contributed by atoms with E-state index in [9.17, 15) is 9.59 Å². The molecule has 4 rings (SSSR count). The van der Waals surface area contributed by atoms with Crippen LogP contribution in [0.5, 0.6) is 5.75 Å². The lowest BCUT2D eigenvalue weighted by Crippen LogP contribution is -2.27. The van der Waals surface area contributed by atoms with E-state index in [1.807, 2.05) is 17.0 Å². The Hall–Kier alpha value is -3.15. The summed E-state index contributed by atoms with van der Waals surface area (Å²) in [5.41, 5.74) is 1.53. The number of methoxy groups -OCH3 is 1. The number of aromatic nitrogens is 2. The lowest BCUT2D eigenvalue weighted by molar-refractivity contribution is 0.0793. The van der Waals surface area contributed by atoms with Gasteiger partial charge >= 0.3 is 0 Å². The molecule has 132 valence electrons. The first-order valence-electron chi connectivity index (χ1n) is 8.63. The van der Waals surface area contributed by atoms with E-state index in [0.717, 1.165) is 25.9 Å². The molecular weight excluding hydrogens is 330 g/mol. The van der Waals surface area contributed by atoms with Gasteiger partial charge in [-0.25, -0.2) is 4.98 Å². The highest BCUT2D eigenvalue weighted by Gasteiger charge is 2.20. The summed E-state index contributed by atoms with van der Waals surface area (Å²) in [5, 5.41) is 0.469. The molecule has 0 atom stereocenters. The number of hydrogen-bond acceptors (Lipinski definition) is 4. The molecule has 1 fully saturated rings. The molecule has 0 aliphatic carbocycles. The molecule has 6 nitrogen and oxygen atoms in total. The topological polar surface area (TPSA) is 64.4 Å². The van der Waals surface area contributed by atoms with E-state index in [4.69, 9.17) is 4.74 Å². The molecule has 1 aromatic heterocycles. The normalized spacial score (nSPS) is 14.0. The molecule has 0 bridgehead atoms. The summed E-state index contributed by atoms with van der Waals surface area (Å²) in [6, 6.07) is 12.4.